The smallest absolute Gasteiger partial charge is 0.404 e. The minimum atomic E-state index is -4.29. The summed E-state index contributed by atoms with van der Waals surface area (Å²) in [5, 5.41) is 0. The molecule has 0 fully saturated rings. The first-order valence-electron chi connectivity index (χ1n) is 14.2. The van der Waals surface area contributed by atoms with Crippen LogP contribution in [0.3, 0.4) is 0 Å². The average Bonchev–Trinajstić information content (AvgIpc) is 3.30. The number of hydrogen-bond donors (Lipinski definition) is 1. The van der Waals surface area contributed by atoms with Crippen LogP contribution in [-0.2, 0) is 25.1 Å². The SMILES string of the molecule is CCCCCCCCCCCCCCOCC(COP(=O)(O)Oc1cccc(C[n+]2csc(C)c2)c1)OC. The molecule has 0 radical (unpaired) electrons. The minimum Gasteiger partial charge on any atom is -0.404 e. The summed E-state index contributed by atoms with van der Waals surface area (Å²) < 4.78 is 36.1. The monoisotopic (exact) mass is 570 g/mol. The summed E-state index contributed by atoms with van der Waals surface area (Å²) in [5.74, 6) is 0.290. The molecule has 1 aromatic carbocycles. The predicted octanol–water partition coefficient (Wildman–Crippen LogP) is 7.62. The van der Waals surface area contributed by atoms with Crippen molar-refractivity contribution in [3.05, 3.63) is 46.4 Å². The van der Waals surface area contributed by atoms with Crippen molar-refractivity contribution in [2.24, 2.45) is 0 Å². The molecule has 38 heavy (non-hydrogen) atoms. The molecule has 0 spiro atoms. The minimum absolute atomic E-state index is 0.0908. The largest absolute Gasteiger partial charge is 0.527 e. The van der Waals surface area contributed by atoms with Gasteiger partial charge in [-0.2, -0.15) is 4.57 Å². The van der Waals surface area contributed by atoms with Crippen LogP contribution in [0.15, 0.2) is 36.0 Å². The number of aryl methyl sites for hydroxylation is 1. The molecule has 2 atom stereocenters. The molecular formula is C29H49NO6PS+. The highest BCUT2D eigenvalue weighted by Gasteiger charge is 2.25. The van der Waals surface area contributed by atoms with E-state index < -0.39 is 13.9 Å². The van der Waals surface area contributed by atoms with E-state index >= 15 is 0 Å². The van der Waals surface area contributed by atoms with Crippen molar-refractivity contribution in [2.75, 3.05) is 26.9 Å². The van der Waals surface area contributed by atoms with E-state index in [1.54, 1.807) is 29.5 Å². The van der Waals surface area contributed by atoms with Gasteiger partial charge in [-0.3, -0.25) is 9.42 Å². The maximum atomic E-state index is 12.5. The molecule has 0 bridgehead atoms. The van der Waals surface area contributed by atoms with Gasteiger partial charge < -0.3 is 14.0 Å². The van der Waals surface area contributed by atoms with E-state index in [2.05, 4.69) is 24.6 Å². The number of phosphoric acid groups is 1. The molecule has 9 heteroatoms. The third-order valence-electron chi connectivity index (χ3n) is 6.41. The zero-order chi connectivity index (χ0) is 27.5. The number of methoxy groups -OCH3 is 1. The third kappa shape index (κ3) is 15.3. The molecule has 0 aliphatic rings. The van der Waals surface area contributed by atoms with Gasteiger partial charge in [-0.1, -0.05) is 101 Å². The zero-order valence-electron chi connectivity index (χ0n) is 23.6. The van der Waals surface area contributed by atoms with Crippen molar-refractivity contribution in [3.63, 3.8) is 0 Å². The predicted molar refractivity (Wildman–Crippen MR) is 154 cm³/mol. The fraction of sp³-hybridized carbons (Fsp3) is 0.690. The first-order chi connectivity index (χ1) is 18.4. The van der Waals surface area contributed by atoms with Gasteiger partial charge in [0, 0.05) is 19.3 Å². The molecule has 0 aliphatic carbocycles. The lowest BCUT2D eigenvalue weighted by Gasteiger charge is -2.18. The molecule has 1 aromatic heterocycles. The first kappa shape index (κ1) is 32.9. The second-order valence-electron chi connectivity index (χ2n) is 9.96. The van der Waals surface area contributed by atoms with E-state index in [1.165, 1.54) is 76.2 Å². The van der Waals surface area contributed by atoms with Crippen LogP contribution in [0.2, 0.25) is 0 Å². The molecule has 2 aromatic rings. The van der Waals surface area contributed by atoms with Gasteiger partial charge in [0.15, 0.2) is 12.7 Å². The van der Waals surface area contributed by atoms with Gasteiger partial charge in [-0.05, 0) is 25.5 Å². The van der Waals surface area contributed by atoms with E-state index in [0.29, 0.717) is 19.8 Å². The van der Waals surface area contributed by atoms with Crippen LogP contribution in [0.4, 0.5) is 0 Å². The van der Waals surface area contributed by atoms with Crippen molar-refractivity contribution in [1.29, 1.82) is 0 Å². The molecule has 0 saturated heterocycles. The zero-order valence-corrected chi connectivity index (χ0v) is 25.4. The fourth-order valence-electron chi connectivity index (χ4n) is 4.22. The van der Waals surface area contributed by atoms with E-state index in [-0.39, 0.29) is 12.4 Å². The second-order valence-corrected chi connectivity index (χ2v) is 12.4. The molecule has 7 nitrogen and oxygen atoms in total. The summed E-state index contributed by atoms with van der Waals surface area (Å²) >= 11 is 1.67. The Hall–Kier alpha value is -1.28. The van der Waals surface area contributed by atoms with Crippen molar-refractivity contribution in [3.8, 4) is 5.75 Å². The normalized spacial score (nSPS) is 13.9. The number of thiazole rings is 1. The van der Waals surface area contributed by atoms with Crippen molar-refractivity contribution >= 4 is 19.2 Å². The molecule has 0 saturated carbocycles. The van der Waals surface area contributed by atoms with Crippen LogP contribution >= 0.6 is 19.2 Å². The van der Waals surface area contributed by atoms with Crippen LogP contribution in [0.5, 0.6) is 5.75 Å². The van der Waals surface area contributed by atoms with Gasteiger partial charge >= 0.3 is 7.82 Å². The lowest BCUT2D eigenvalue weighted by atomic mass is 10.1. The highest BCUT2D eigenvalue weighted by Crippen LogP contribution is 2.44. The molecule has 1 N–H and O–H groups in total. The quantitative estimate of drug-likeness (QED) is 0.0841. The molecular weight excluding hydrogens is 521 g/mol. The number of benzene rings is 1. The average molecular weight is 571 g/mol. The summed E-state index contributed by atoms with van der Waals surface area (Å²) in [5.41, 5.74) is 3.00. The van der Waals surface area contributed by atoms with Gasteiger partial charge in [0.05, 0.1) is 18.1 Å². The van der Waals surface area contributed by atoms with Gasteiger partial charge in [-0.25, -0.2) is 4.57 Å². The Morgan fingerprint density at radius 2 is 1.63 bits per heavy atom. The second kappa shape index (κ2) is 19.7. The third-order valence-corrected chi connectivity index (χ3v) is 8.18. The molecule has 0 amide bonds. The molecule has 1 heterocycles. The Kier molecular flexibility index (Phi) is 17.1. The molecule has 2 unspecified atom stereocenters. The maximum Gasteiger partial charge on any atom is 0.527 e. The van der Waals surface area contributed by atoms with E-state index in [4.69, 9.17) is 18.5 Å². The lowest BCUT2D eigenvalue weighted by molar-refractivity contribution is -0.683. The summed E-state index contributed by atoms with van der Waals surface area (Å²) in [6, 6.07) is 7.14. The number of ether oxygens (including phenoxy) is 2. The van der Waals surface area contributed by atoms with Gasteiger partial charge in [0.25, 0.3) is 0 Å². The van der Waals surface area contributed by atoms with Crippen molar-refractivity contribution < 1.29 is 32.5 Å². The fourth-order valence-corrected chi connectivity index (χ4v) is 5.64. The van der Waals surface area contributed by atoms with Crippen LogP contribution in [0, 0.1) is 6.92 Å². The van der Waals surface area contributed by atoms with E-state index in [0.717, 1.165) is 18.4 Å². The molecule has 2 rings (SSSR count). The summed E-state index contributed by atoms with van der Waals surface area (Å²) in [4.78, 5) is 11.4. The molecule has 216 valence electrons. The van der Waals surface area contributed by atoms with Crippen molar-refractivity contribution in [2.45, 2.75) is 104 Å². The number of unbranched alkanes of at least 4 members (excludes halogenated alkanes) is 11. The Bertz CT molecular complexity index is 924. The highest BCUT2D eigenvalue weighted by molar-refractivity contribution is 7.47. The lowest BCUT2D eigenvalue weighted by Crippen LogP contribution is -2.30. The van der Waals surface area contributed by atoms with Crippen LogP contribution in [0.25, 0.3) is 0 Å². The van der Waals surface area contributed by atoms with E-state index in [9.17, 15) is 9.46 Å². The Balaban J connectivity index is 1.55. The summed E-state index contributed by atoms with van der Waals surface area (Å²) in [7, 11) is -2.75. The van der Waals surface area contributed by atoms with Gasteiger partial charge in [-0.15, -0.1) is 0 Å². The number of rotatable bonds is 23. The number of phosphoric ester groups is 1. The highest BCUT2D eigenvalue weighted by atomic mass is 32.1. The number of aromatic nitrogens is 1. The van der Waals surface area contributed by atoms with E-state index in [1.807, 2.05) is 11.6 Å². The van der Waals surface area contributed by atoms with Crippen molar-refractivity contribution in [1.82, 2.24) is 0 Å². The van der Waals surface area contributed by atoms with Crippen LogP contribution in [-0.4, -0.2) is 37.9 Å². The van der Waals surface area contributed by atoms with Crippen LogP contribution < -0.4 is 9.09 Å². The summed E-state index contributed by atoms with van der Waals surface area (Å²) in [6.07, 6.45) is 17.3. The standard InChI is InChI=1S/C29H48NO6PS/c1-4-5-6-7-8-9-10-11-12-13-14-15-19-34-23-29(33-3)24-35-37(31,32)36-28-18-16-17-27(20-28)22-30-21-26(2)38-25-30/h16-18,20-21,25,29H,4-15,19,22-24H2,1-3H3/p+1. The summed E-state index contributed by atoms with van der Waals surface area (Å²) in [6.45, 7) is 5.83. The Labute approximate surface area is 234 Å². The van der Waals surface area contributed by atoms with Gasteiger partial charge in [0.1, 0.15) is 11.9 Å². The topological polar surface area (TPSA) is 78.1 Å². The number of nitrogens with zero attached hydrogens (tertiary/aromatic N) is 1. The van der Waals surface area contributed by atoms with Gasteiger partial charge in [0.2, 0.25) is 5.51 Å². The van der Waals surface area contributed by atoms with Crippen LogP contribution in [0.1, 0.15) is 94.4 Å². The number of hydrogen-bond acceptors (Lipinski definition) is 6. The molecule has 0 aliphatic heterocycles. The first-order valence-corrected chi connectivity index (χ1v) is 16.6. The maximum absolute atomic E-state index is 12.5. The Morgan fingerprint density at radius 3 is 2.24 bits per heavy atom. The Morgan fingerprint density at radius 1 is 0.974 bits per heavy atom.